The monoisotopic (exact) mass is 366 g/mol. The lowest BCUT2D eigenvalue weighted by Gasteiger charge is -2.46. The van der Waals surface area contributed by atoms with Gasteiger partial charge in [-0.1, -0.05) is 32.9 Å². The highest BCUT2D eigenvalue weighted by molar-refractivity contribution is 7.89. The van der Waals surface area contributed by atoms with Crippen molar-refractivity contribution in [1.82, 2.24) is 10.0 Å². The van der Waals surface area contributed by atoms with E-state index < -0.39 is 10.0 Å². The summed E-state index contributed by atoms with van der Waals surface area (Å²) >= 11 is 0. The minimum absolute atomic E-state index is 0.00354. The molecule has 0 bridgehead atoms. The Morgan fingerprint density at radius 2 is 1.60 bits per heavy atom. The predicted octanol–water partition coefficient (Wildman–Crippen LogP) is 3.88. The summed E-state index contributed by atoms with van der Waals surface area (Å²) in [7, 11) is -3.53. The van der Waals surface area contributed by atoms with Gasteiger partial charge in [0.05, 0.1) is 4.90 Å². The highest BCUT2D eigenvalue weighted by Gasteiger charge is 2.39. The zero-order chi connectivity index (χ0) is 19.3. The SMILES string of the molecule is Cc1cc(C(C)(C)C)ccc1S(=O)(=O)NC1CC(C)(C)NC(C)(C)C1. The summed E-state index contributed by atoms with van der Waals surface area (Å²) in [5, 5.41) is 3.59. The van der Waals surface area contributed by atoms with Crippen molar-refractivity contribution in [3.05, 3.63) is 29.3 Å². The van der Waals surface area contributed by atoms with Crippen molar-refractivity contribution in [2.75, 3.05) is 0 Å². The molecule has 2 rings (SSSR count). The van der Waals surface area contributed by atoms with E-state index in [-0.39, 0.29) is 22.5 Å². The van der Waals surface area contributed by atoms with E-state index in [2.05, 4.69) is 58.5 Å². The van der Waals surface area contributed by atoms with E-state index in [9.17, 15) is 8.42 Å². The molecule has 1 aromatic rings. The molecule has 4 nitrogen and oxygen atoms in total. The van der Waals surface area contributed by atoms with Gasteiger partial charge >= 0.3 is 0 Å². The highest BCUT2D eigenvalue weighted by atomic mass is 32.2. The topological polar surface area (TPSA) is 58.2 Å². The number of benzene rings is 1. The summed E-state index contributed by atoms with van der Waals surface area (Å²) in [6, 6.07) is 5.59. The maximum atomic E-state index is 13.0. The van der Waals surface area contributed by atoms with Crippen LogP contribution in [0, 0.1) is 6.92 Å². The van der Waals surface area contributed by atoms with Crippen molar-refractivity contribution in [1.29, 1.82) is 0 Å². The summed E-state index contributed by atoms with van der Waals surface area (Å²) in [6.45, 7) is 16.8. The lowest BCUT2D eigenvalue weighted by molar-refractivity contribution is 0.157. The average molecular weight is 367 g/mol. The average Bonchev–Trinajstić information content (AvgIpc) is 2.32. The second-order valence-electron chi connectivity index (χ2n) is 9.85. The molecule has 0 atom stereocenters. The summed E-state index contributed by atoms with van der Waals surface area (Å²) in [5.74, 6) is 0. The summed E-state index contributed by atoms with van der Waals surface area (Å²) in [6.07, 6.45) is 1.55. The normalized spacial score (nSPS) is 21.3. The first-order chi connectivity index (χ1) is 11.1. The molecule has 2 N–H and O–H groups in total. The van der Waals surface area contributed by atoms with Gasteiger partial charge in [0.15, 0.2) is 0 Å². The van der Waals surface area contributed by atoms with E-state index in [0.717, 1.165) is 24.0 Å². The molecule has 25 heavy (non-hydrogen) atoms. The van der Waals surface area contributed by atoms with E-state index in [0.29, 0.717) is 4.90 Å². The van der Waals surface area contributed by atoms with E-state index in [4.69, 9.17) is 0 Å². The van der Waals surface area contributed by atoms with E-state index >= 15 is 0 Å². The fourth-order valence-corrected chi connectivity index (χ4v) is 5.57. The van der Waals surface area contributed by atoms with Gasteiger partial charge in [-0.25, -0.2) is 13.1 Å². The van der Waals surface area contributed by atoms with Gasteiger partial charge < -0.3 is 5.32 Å². The molecule has 0 amide bonds. The minimum Gasteiger partial charge on any atom is -0.307 e. The van der Waals surface area contributed by atoms with Crippen LogP contribution in [-0.2, 0) is 15.4 Å². The van der Waals surface area contributed by atoms with Crippen LogP contribution in [0.1, 0.15) is 72.4 Å². The van der Waals surface area contributed by atoms with Gasteiger partial charge in [-0.3, -0.25) is 0 Å². The Morgan fingerprint density at radius 3 is 2.04 bits per heavy atom. The van der Waals surface area contributed by atoms with Crippen LogP contribution in [0.4, 0.5) is 0 Å². The third kappa shape index (κ3) is 5.05. The largest absolute Gasteiger partial charge is 0.307 e. The molecule has 0 saturated carbocycles. The van der Waals surface area contributed by atoms with Gasteiger partial charge in [-0.2, -0.15) is 0 Å². The molecule has 5 heteroatoms. The number of hydrogen-bond acceptors (Lipinski definition) is 3. The van der Waals surface area contributed by atoms with Crippen molar-refractivity contribution in [2.45, 2.75) is 95.7 Å². The van der Waals surface area contributed by atoms with Gasteiger partial charge in [0.25, 0.3) is 0 Å². The maximum Gasteiger partial charge on any atom is 0.241 e. The van der Waals surface area contributed by atoms with Crippen LogP contribution in [0.3, 0.4) is 0 Å². The van der Waals surface area contributed by atoms with Crippen LogP contribution in [0.5, 0.6) is 0 Å². The van der Waals surface area contributed by atoms with Gasteiger partial charge in [0, 0.05) is 17.1 Å². The predicted molar refractivity (Wildman–Crippen MR) is 105 cm³/mol. The van der Waals surface area contributed by atoms with Crippen LogP contribution in [-0.4, -0.2) is 25.5 Å². The molecule has 1 aromatic carbocycles. The van der Waals surface area contributed by atoms with Crippen molar-refractivity contribution < 1.29 is 8.42 Å². The zero-order valence-electron chi connectivity index (χ0n) is 16.9. The molecular formula is C20H34N2O2S. The van der Waals surface area contributed by atoms with Crippen LogP contribution in [0.2, 0.25) is 0 Å². The Bertz CT molecular complexity index is 727. The Kier molecular flexibility index (Phi) is 5.19. The Hall–Kier alpha value is -0.910. The number of rotatable bonds is 3. The smallest absolute Gasteiger partial charge is 0.241 e. The zero-order valence-corrected chi connectivity index (χ0v) is 17.8. The van der Waals surface area contributed by atoms with E-state index in [1.54, 1.807) is 6.07 Å². The third-order valence-corrected chi connectivity index (χ3v) is 6.52. The summed E-state index contributed by atoms with van der Waals surface area (Å²) in [5.41, 5.74) is 1.75. The standard InChI is InChI=1S/C20H34N2O2S/c1-14-11-15(18(2,3)4)9-10-17(14)25(23,24)21-16-12-19(5,6)22-20(7,8)13-16/h9-11,16,21-22H,12-13H2,1-8H3. The fourth-order valence-electron chi connectivity index (χ4n) is 4.11. The Labute approximate surface area is 153 Å². The molecular weight excluding hydrogens is 332 g/mol. The first-order valence-corrected chi connectivity index (χ1v) is 10.5. The Balaban J connectivity index is 2.28. The number of sulfonamides is 1. The Morgan fingerprint density at radius 1 is 1.08 bits per heavy atom. The van der Waals surface area contributed by atoms with Crippen molar-refractivity contribution in [3.8, 4) is 0 Å². The van der Waals surface area contributed by atoms with Crippen LogP contribution in [0.25, 0.3) is 0 Å². The molecule has 0 unspecified atom stereocenters. The second-order valence-corrected chi connectivity index (χ2v) is 11.5. The summed E-state index contributed by atoms with van der Waals surface area (Å²) < 4.78 is 28.9. The van der Waals surface area contributed by atoms with Gasteiger partial charge in [-0.15, -0.1) is 0 Å². The highest BCUT2D eigenvalue weighted by Crippen LogP contribution is 2.30. The maximum absolute atomic E-state index is 13.0. The lowest BCUT2D eigenvalue weighted by atomic mass is 9.80. The third-order valence-electron chi connectivity index (χ3n) is 4.84. The van der Waals surface area contributed by atoms with Crippen molar-refractivity contribution >= 4 is 10.0 Å². The fraction of sp³-hybridized carbons (Fsp3) is 0.700. The molecule has 1 heterocycles. The number of nitrogens with one attached hydrogen (secondary N) is 2. The number of aryl methyl sites for hydroxylation is 1. The van der Waals surface area contributed by atoms with Crippen LogP contribution < -0.4 is 10.0 Å². The lowest BCUT2D eigenvalue weighted by Crippen LogP contribution is -2.62. The molecule has 1 aliphatic rings. The van der Waals surface area contributed by atoms with E-state index in [1.807, 2.05) is 19.1 Å². The molecule has 1 aliphatic heterocycles. The van der Waals surface area contributed by atoms with Gasteiger partial charge in [0.2, 0.25) is 10.0 Å². The minimum atomic E-state index is -3.53. The molecule has 1 saturated heterocycles. The van der Waals surface area contributed by atoms with Gasteiger partial charge in [-0.05, 0) is 70.1 Å². The molecule has 0 spiro atoms. The molecule has 0 aliphatic carbocycles. The van der Waals surface area contributed by atoms with Gasteiger partial charge in [0.1, 0.15) is 0 Å². The first kappa shape index (κ1) is 20.4. The number of hydrogen-bond donors (Lipinski definition) is 2. The van der Waals surface area contributed by atoms with E-state index in [1.165, 1.54) is 0 Å². The van der Waals surface area contributed by atoms with Crippen LogP contribution in [0.15, 0.2) is 23.1 Å². The molecule has 0 radical (unpaired) electrons. The quantitative estimate of drug-likeness (QED) is 0.853. The number of piperidine rings is 1. The summed E-state index contributed by atoms with van der Waals surface area (Å²) in [4.78, 5) is 0.384. The molecule has 1 fully saturated rings. The van der Waals surface area contributed by atoms with Crippen molar-refractivity contribution in [2.24, 2.45) is 0 Å². The van der Waals surface area contributed by atoms with Crippen molar-refractivity contribution in [3.63, 3.8) is 0 Å². The molecule has 0 aromatic heterocycles. The first-order valence-electron chi connectivity index (χ1n) is 9.04. The second kappa shape index (κ2) is 6.36. The molecule has 142 valence electrons. The van der Waals surface area contributed by atoms with Crippen LogP contribution >= 0.6 is 0 Å².